The summed E-state index contributed by atoms with van der Waals surface area (Å²) in [6.07, 6.45) is 0. The minimum Gasteiger partial charge on any atom is -0.452 e. The Hall–Kier alpha value is -1.82. The normalized spacial score (nSPS) is 10.4. The Morgan fingerprint density at radius 1 is 1.17 bits per heavy atom. The number of aryl methyl sites for hydroxylation is 2. The van der Waals surface area contributed by atoms with E-state index in [-0.39, 0.29) is 15.7 Å². The van der Waals surface area contributed by atoms with Crippen LogP contribution in [-0.4, -0.2) is 23.5 Å². The van der Waals surface area contributed by atoms with E-state index < -0.39 is 18.5 Å². The number of anilines is 1. The number of carbonyl (C=O) groups is 2. The van der Waals surface area contributed by atoms with Crippen molar-refractivity contribution < 1.29 is 14.3 Å². The highest BCUT2D eigenvalue weighted by Gasteiger charge is 2.18. The third-order valence-corrected chi connectivity index (χ3v) is 3.87. The van der Waals surface area contributed by atoms with Gasteiger partial charge in [0.1, 0.15) is 5.15 Å². The molecule has 0 saturated carbocycles. The van der Waals surface area contributed by atoms with E-state index in [2.05, 4.69) is 10.3 Å². The maximum absolute atomic E-state index is 12.1. The second kappa shape index (κ2) is 7.83. The number of pyridine rings is 1. The van der Waals surface area contributed by atoms with Crippen LogP contribution in [0.25, 0.3) is 0 Å². The molecule has 0 unspecified atom stereocenters. The van der Waals surface area contributed by atoms with Crippen LogP contribution in [0.1, 0.15) is 21.6 Å². The molecule has 2 aromatic rings. The lowest BCUT2D eigenvalue weighted by Gasteiger charge is -2.10. The van der Waals surface area contributed by atoms with Crippen LogP contribution in [0.3, 0.4) is 0 Å². The summed E-state index contributed by atoms with van der Waals surface area (Å²) >= 11 is 17.7. The first kappa shape index (κ1) is 18.5. The van der Waals surface area contributed by atoms with E-state index in [1.165, 1.54) is 6.07 Å². The number of esters is 1. The molecule has 1 amide bonds. The molecule has 0 bridgehead atoms. The first-order valence-corrected chi connectivity index (χ1v) is 7.97. The van der Waals surface area contributed by atoms with Gasteiger partial charge in [0.05, 0.1) is 16.3 Å². The zero-order valence-corrected chi connectivity index (χ0v) is 15.1. The van der Waals surface area contributed by atoms with Gasteiger partial charge in [-0.25, -0.2) is 9.78 Å². The Bertz CT molecular complexity index is 786. The summed E-state index contributed by atoms with van der Waals surface area (Å²) in [7, 11) is 0. The Morgan fingerprint density at radius 3 is 2.50 bits per heavy atom. The van der Waals surface area contributed by atoms with E-state index in [1.807, 2.05) is 0 Å². The maximum atomic E-state index is 12.1. The minimum absolute atomic E-state index is 0.0404. The molecule has 1 aromatic heterocycles. The summed E-state index contributed by atoms with van der Waals surface area (Å²) in [5.74, 6) is -1.26. The molecule has 0 aliphatic heterocycles. The smallest absolute Gasteiger partial charge is 0.342 e. The fraction of sp³-hybridized carbons (Fsp3) is 0.188. The topological polar surface area (TPSA) is 68.3 Å². The molecule has 24 heavy (non-hydrogen) atoms. The lowest BCUT2D eigenvalue weighted by Crippen LogP contribution is -2.21. The van der Waals surface area contributed by atoms with Crippen molar-refractivity contribution in [3.63, 3.8) is 0 Å². The zero-order chi connectivity index (χ0) is 17.9. The lowest BCUT2D eigenvalue weighted by molar-refractivity contribution is -0.119. The molecule has 0 atom stereocenters. The summed E-state index contributed by atoms with van der Waals surface area (Å²) in [6.45, 7) is 2.99. The number of amides is 1. The van der Waals surface area contributed by atoms with Crippen LogP contribution >= 0.6 is 34.8 Å². The van der Waals surface area contributed by atoms with Crippen molar-refractivity contribution in [1.29, 1.82) is 0 Å². The fourth-order valence-corrected chi connectivity index (χ4v) is 2.83. The molecule has 2 rings (SSSR count). The molecule has 1 heterocycles. The van der Waals surface area contributed by atoms with Crippen LogP contribution < -0.4 is 5.32 Å². The van der Waals surface area contributed by atoms with Crippen molar-refractivity contribution >= 4 is 52.4 Å². The standard InChI is InChI=1S/C16H13Cl3N2O3/c1-8-5-9(2)20-15(19)14(8)16(23)24-7-13(22)21-12-4-3-10(17)6-11(12)18/h3-6H,7H2,1-2H3,(H,21,22). The predicted molar refractivity (Wildman–Crippen MR) is 94.1 cm³/mol. The lowest BCUT2D eigenvalue weighted by atomic mass is 10.1. The molecule has 126 valence electrons. The SMILES string of the molecule is Cc1cc(C)c(C(=O)OCC(=O)Nc2ccc(Cl)cc2Cl)c(Cl)n1. The van der Waals surface area contributed by atoms with Crippen molar-refractivity contribution in [3.05, 3.63) is 56.3 Å². The van der Waals surface area contributed by atoms with Gasteiger partial charge in [-0.3, -0.25) is 4.79 Å². The van der Waals surface area contributed by atoms with E-state index in [0.29, 0.717) is 22.0 Å². The maximum Gasteiger partial charge on any atom is 0.342 e. The molecule has 0 spiro atoms. The number of hydrogen-bond donors (Lipinski definition) is 1. The highest BCUT2D eigenvalue weighted by atomic mass is 35.5. The number of halogens is 3. The van der Waals surface area contributed by atoms with Gasteiger partial charge in [0.25, 0.3) is 5.91 Å². The molecule has 1 N–H and O–H groups in total. The Kier molecular flexibility index (Phi) is 6.04. The summed E-state index contributed by atoms with van der Waals surface area (Å²) in [6, 6.07) is 6.33. The second-order valence-electron chi connectivity index (χ2n) is 4.99. The molecule has 0 saturated heterocycles. The van der Waals surface area contributed by atoms with E-state index in [0.717, 1.165) is 0 Å². The monoisotopic (exact) mass is 386 g/mol. The highest BCUT2D eigenvalue weighted by Crippen LogP contribution is 2.25. The highest BCUT2D eigenvalue weighted by molar-refractivity contribution is 6.36. The van der Waals surface area contributed by atoms with E-state index in [9.17, 15) is 9.59 Å². The van der Waals surface area contributed by atoms with Crippen molar-refractivity contribution in [1.82, 2.24) is 4.98 Å². The molecular formula is C16H13Cl3N2O3. The van der Waals surface area contributed by atoms with Gasteiger partial charge in [0.15, 0.2) is 6.61 Å². The number of nitrogens with zero attached hydrogens (tertiary/aromatic N) is 1. The van der Waals surface area contributed by atoms with Gasteiger partial charge in [-0.1, -0.05) is 34.8 Å². The Morgan fingerprint density at radius 2 is 1.88 bits per heavy atom. The van der Waals surface area contributed by atoms with Gasteiger partial charge in [-0.05, 0) is 43.7 Å². The van der Waals surface area contributed by atoms with Crippen molar-refractivity contribution in [2.45, 2.75) is 13.8 Å². The first-order valence-electron chi connectivity index (χ1n) is 6.83. The predicted octanol–water partition coefficient (Wildman–Crippen LogP) is 4.45. The average molecular weight is 388 g/mol. The molecule has 0 aliphatic carbocycles. The van der Waals surface area contributed by atoms with Crippen LogP contribution in [0.4, 0.5) is 5.69 Å². The number of nitrogens with one attached hydrogen (secondary N) is 1. The number of carbonyl (C=O) groups excluding carboxylic acids is 2. The number of ether oxygens (including phenoxy) is 1. The second-order valence-corrected chi connectivity index (χ2v) is 6.20. The zero-order valence-electron chi connectivity index (χ0n) is 12.8. The van der Waals surface area contributed by atoms with E-state index in [4.69, 9.17) is 39.5 Å². The van der Waals surface area contributed by atoms with Crippen LogP contribution in [-0.2, 0) is 9.53 Å². The number of benzene rings is 1. The summed E-state index contributed by atoms with van der Waals surface area (Å²) < 4.78 is 4.98. The van der Waals surface area contributed by atoms with Gasteiger partial charge in [0.2, 0.25) is 0 Å². The van der Waals surface area contributed by atoms with E-state index in [1.54, 1.807) is 32.0 Å². The van der Waals surface area contributed by atoms with Crippen molar-refractivity contribution in [2.75, 3.05) is 11.9 Å². The average Bonchev–Trinajstić information content (AvgIpc) is 2.47. The number of rotatable bonds is 4. The van der Waals surface area contributed by atoms with Crippen LogP contribution in [0.5, 0.6) is 0 Å². The minimum atomic E-state index is -0.720. The van der Waals surface area contributed by atoms with Crippen molar-refractivity contribution in [3.8, 4) is 0 Å². The molecule has 5 nitrogen and oxygen atoms in total. The number of hydrogen-bond acceptors (Lipinski definition) is 4. The van der Waals surface area contributed by atoms with Gasteiger partial charge in [-0.2, -0.15) is 0 Å². The van der Waals surface area contributed by atoms with Gasteiger partial charge in [-0.15, -0.1) is 0 Å². The molecule has 0 radical (unpaired) electrons. The number of aromatic nitrogens is 1. The molecule has 1 aromatic carbocycles. The van der Waals surface area contributed by atoms with Gasteiger partial charge >= 0.3 is 5.97 Å². The molecular weight excluding hydrogens is 375 g/mol. The molecule has 8 heteroatoms. The third-order valence-electron chi connectivity index (χ3n) is 3.04. The largest absolute Gasteiger partial charge is 0.452 e. The van der Waals surface area contributed by atoms with Crippen LogP contribution in [0, 0.1) is 13.8 Å². The van der Waals surface area contributed by atoms with Crippen LogP contribution in [0.2, 0.25) is 15.2 Å². The van der Waals surface area contributed by atoms with Gasteiger partial charge < -0.3 is 10.1 Å². The molecule has 0 fully saturated rings. The summed E-state index contributed by atoms with van der Waals surface area (Å²) in [5.41, 5.74) is 1.82. The first-order chi connectivity index (χ1) is 11.3. The van der Waals surface area contributed by atoms with Crippen LogP contribution in [0.15, 0.2) is 24.3 Å². The third kappa shape index (κ3) is 4.60. The van der Waals surface area contributed by atoms with Gasteiger partial charge in [0, 0.05) is 10.7 Å². The van der Waals surface area contributed by atoms with E-state index >= 15 is 0 Å². The summed E-state index contributed by atoms with van der Waals surface area (Å²) in [4.78, 5) is 28.0. The fourth-order valence-electron chi connectivity index (χ4n) is 2.02. The summed E-state index contributed by atoms with van der Waals surface area (Å²) in [5, 5.41) is 3.29. The Balaban J connectivity index is 2.00. The van der Waals surface area contributed by atoms with Crippen molar-refractivity contribution in [2.24, 2.45) is 0 Å². The molecule has 0 aliphatic rings. The quantitative estimate of drug-likeness (QED) is 0.621. The Labute approximate surface area is 153 Å².